The first-order valence-electron chi connectivity index (χ1n) is 11.5. The molecule has 0 saturated heterocycles. The second-order valence-electron chi connectivity index (χ2n) is 9.16. The summed E-state index contributed by atoms with van der Waals surface area (Å²) in [7, 11) is 0. The zero-order valence-corrected chi connectivity index (χ0v) is 19.3. The van der Waals surface area contributed by atoms with Crippen LogP contribution in [-0.4, -0.2) is 36.3 Å². The van der Waals surface area contributed by atoms with Gasteiger partial charge in [-0.15, -0.1) is 0 Å². The smallest absolute Gasteiger partial charge is 0.271 e. The molecule has 5 rings (SSSR count). The molecule has 0 aliphatic carbocycles. The van der Waals surface area contributed by atoms with Gasteiger partial charge in [0, 0.05) is 23.4 Å². The van der Waals surface area contributed by atoms with Crippen LogP contribution in [0.1, 0.15) is 46.5 Å². The Bertz CT molecular complexity index is 1280. The number of nitrogens with zero attached hydrogens (tertiary/aromatic N) is 2. The lowest BCUT2D eigenvalue weighted by atomic mass is 9.99. The minimum Gasteiger partial charge on any atom is -0.476 e. The Morgan fingerprint density at radius 2 is 1.65 bits per heavy atom. The molecule has 3 aromatic rings. The van der Waals surface area contributed by atoms with E-state index in [9.17, 15) is 14.4 Å². The third-order valence-corrected chi connectivity index (χ3v) is 6.37. The van der Waals surface area contributed by atoms with Crippen molar-refractivity contribution in [2.45, 2.75) is 32.3 Å². The van der Waals surface area contributed by atoms with Crippen LogP contribution in [0.15, 0.2) is 72.8 Å². The van der Waals surface area contributed by atoms with E-state index in [1.807, 2.05) is 30.3 Å². The fraction of sp³-hybridized carbons (Fsp3) is 0.250. The van der Waals surface area contributed by atoms with Crippen molar-refractivity contribution in [1.29, 1.82) is 0 Å². The topological polar surface area (TPSA) is 66.9 Å². The second-order valence-corrected chi connectivity index (χ2v) is 9.16. The summed E-state index contributed by atoms with van der Waals surface area (Å²) in [6, 6.07) is 21.9. The summed E-state index contributed by atoms with van der Waals surface area (Å²) in [5.74, 6) is -0.167. The molecule has 172 valence electrons. The number of ether oxygens (including phenoxy) is 1. The first-order chi connectivity index (χ1) is 16.3. The van der Waals surface area contributed by atoms with Crippen LogP contribution in [0.5, 0.6) is 5.75 Å². The Morgan fingerprint density at radius 1 is 0.912 bits per heavy atom. The molecule has 34 heavy (non-hydrogen) atoms. The fourth-order valence-electron chi connectivity index (χ4n) is 4.62. The highest BCUT2D eigenvalue weighted by molar-refractivity contribution is 6.12. The predicted octanol–water partition coefficient (Wildman–Crippen LogP) is 4.67. The van der Waals surface area contributed by atoms with E-state index in [2.05, 4.69) is 0 Å². The molecule has 0 unspecified atom stereocenters. The van der Waals surface area contributed by atoms with E-state index in [1.165, 1.54) is 4.90 Å². The molecule has 0 N–H and O–H groups in total. The van der Waals surface area contributed by atoms with Crippen LogP contribution < -0.4 is 14.5 Å². The molecule has 2 aliphatic heterocycles. The molecule has 0 atom stereocenters. The number of ketones is 1. The number of carbonyl (C=O) groups excluding carboxylic acids is 3. The van der Waals surface area contributed by atoms with Crippen molar-refractivity contribution in [1.82, 2.24) is 0 Å². The van der Waals surface area contributed by atoms with Crippen LogP contribution in [0.25, 0.3) is 0 Å². The van der Waals surface area contributed by atoms with Gasteiger partial charge in [0.2, 0.25) is 0 Å². The van der Waals surface area contributed by atoms with Gasteiger partial charge in [0.25, 0.3) is 11.8 Å². The summed E-state index contributed by atoms with van der Waals surface area (Å²) >= 11 is 0. The molecule has 0 saturated carbocycles. The van der Waals surface area contributed by atoms with Crippen molar-refractivity contribution < 1.29 is 19.1 Å². The van der Waals surface area contributed by atoms with Crippen molar-refractivity contribution in [3.05, 3.63) is 89.5 Å². The summed E-state index contributed by atoms with van der Waals surface area (Å²) in [5.41, 5.74) is 2.35. The number of amides is 2. The predicted molar refractivity (Wildman–Crippen MR) is 131 cm³/mol. The number of carbonyl (C=O) groups is 3. The van der Waals surface area contributed by atoms with Crippen LogP contribution in [0, 0.1) is 0 Å². The molecular weight excluding hydrogens is 428 g/mol. The Balaban J connectivity index is 1.51. The van der Waals surface area contributed by atoms with Crippen molar-refractivity contribution >= 4 is 29.0 Å². The maximum absolute atomic E-state index is 13.5. The summed E-state index contributed by atoms with van der Waals surface area (Å²) in [4.78, 5) is 43.0. The van der Waals surface area contributed by atoms with Crippen LogP contribution in [0.4, 0.5) is 11.4 Å². The second kappa shape index (κ2) is 8.45. The van der Waals surface area contributed by atoms with Gasteiger partial charge in [-0.2, -0.15) is 0 Å². The standard InChI is InChI=1S/C28H26N2O4/c1-28(2)27(33)30(18-24(31)20-10-4-3-5-11-20)23-17-21(14-15-25(23)34-28)26(32)29-16-8-12-19-9-6-7-13-22(19)29/h3-7,9-11,13-15,17H,8,12,16,18H2,1-2H3. The van der Waals surface area contributed by atoms with E-state index in [1.54, 1.807) is 61.2 Å². The minimum absolute atomic E-state index is 0.132. The molecule has 0 bridgehead atoms. The Labute approximate surface area is 198 Å². The van der Waals surface area contributed by atoms with Gasteiger partial charge in [0.1, 0.15) is 5.75 Å². The van der Waals surface area contributed by atoms with E-state index in [0.29, 0.717) is 29.1 Å². The summed E-state index contributed by atoms with van der Waals surface area (Å²) in [6.45, 7) is 3.86. The number of Topliss-reactive ketones (excluding diaryl/α,β-unsaturated/α-hetero) is 1. The lowest BCUT2D eigenvalue weighted by molar-refractivity contribution is -0.132. The first-order valence-corrected chi connectivity index (χ1v) is 11.5. The van der Waals surface area contributed by atoms with Crippen LogP contribution in [0.2, 0.25) is 0 Å². The maximum Gasteiger partial charge on any atom is 0.271 e. The number of rotatable bonds is 4. The van der Waals surface area contributed by atoms with Crippen molar-refractivity contribution in [2.24, 2.45) is 0 Å². The Kier molecular flexibility index (Phi) is 5.44. The van der Waals surface area contributed by atoms with Crippen molar-refractivity contribution in [3.63, 3.8) is 0 Å². The Hall–Kier alpha value is -3.93. The van der Waals surface area contributed by atoms with E-state index < -0.39 is 5.60 Å². The van der Waals surface area contributed by atoms with Crippen molar-refractivity contribution in [2.75, 3.05) is 22.9 Å². The van der Waals surface area contributed by atoms with Crippen molar-refractivity contribution in [3.8, 4) is 5.75 Å². The number of para-hydroxylation sites is 1. The molecule has 0 fully saturated rings. The van der Waals surface area contributed by atoms with E-state index in [4.69, 9.17) is 4.74 Å². The quantitative estimate of drug-likeness (QED) is 0.538. The number of hydrogen-bond donors (Lipinski definition) is 0. The van der Waals surface area contributed by atoms with Gasteiger partial charge in [0.15, 0.2) is 11.4 Å². The van der Waals surface area contributed by atoms with Gasteiger partial charge in [-0.1, -0.05) is 48.5 Å². The maximum atomic E-state index is 13.5. The summed E-state index contributed by atoms with van der Waals surface area (Å²) in [5, 5.41) is 0. The summed E-state index contributed by atoms with van der Waals surface area (Å²) < 4.78 is 5.96. The molecule has 0 radical (unpaired) electrons. The third-order valence-electron chi connectivity index (χ3n) is 6.37. The van der Waals surface area contributed by atoms with Crippen LogP contribution >= 0.6 is 0 Å². The van der Waals surface area contributed by atoms with E-state index in [-0.39, 0.29) is 24.1 Å². The monoisotopic (exact) mass is 454 g/mol. The number of hydrogen-bond acceptors (Lipinski definition) is 4. The van der Waals surface area contributed by atoms with E-state index in [0.717, 1.165) is 24.1 Å². The van der Waals surface area contributed by atoms with Crippen LogP contribution in [0.3, 0.4) is 0 Å². The molecular formula is C28H26N2O4. The molecule has 3 aromatic carbocycles. The number of benzene rings is 3. The van der Waals surface area contributed by atoms with Gasteiger partial charge in [-0.3, -0.25) is 19.3 Å². The lowest BCUT2D eigenvalue weighted by Gasteiger charge is -2.39. The summed E-state index contributed by atoms with van der Waals surface area (Å²) in [6.07, 6.45) is 1.83. The SMILES string of the molecule is CC1(C)Oc2ccc(C(=O)N3CCCc4ccccc43)cc2N(CC(=O)c2ccccc2)C1=O. The number of fused-ring (bicyclic) bond motifs is 2. The van der Waals surface area contributed by atoms with Gasteiger partial charge in [0.05, 0.1) is 12.2 Å². The lowest BCUT2D eigenvalue weighted by Crippen LogP contribution is -2.54. The molecule has 0 spiro atoms. The van der Waals surface area contributed by atoms with Crippen LogP contribution in [-0.2, 0) is 11.2 Å². The molecule has 6 nitrogen and oxygen atoms in total. The zero-order chi connectivity index (χ0) is 23.9. The molecule has 6 heteroatoms. The largest absolute Gasteiger partial charge is 0.476 e. The minimum atomic E-state index is -1.12. The normalized spacial score (nSPS) is 16.4. The average Bonchev–Trinajstić information content (AvgIpc) is 2.86. The van der Waals surface area contributed by atoms with Gasteiger partial charge >= 0.3 is 0 Å². The first kappa shape index (κ1) is 21.9. The number of anilines is 2. The molecule has 2 aliphatic rings. The fourth-order valence-corrected chi connectivity index (χ4v) is 4.62. The third kappa shape index (κ3) is 3.85. The Morgan fingerprint density at radius 3 is 2.44 bits per heavy atom. The molecule has 0 aromatic heterocycles. The highest BCUT2D eigenvalue weighted by Crippen LogP contribution is 2.39. The van der Waals surface area contributed by atoms with Gasteiger partial charge in [-0.05, 0) is 56.5 Å². The number of aryl methyl sites for hydroxylation is 1. The zero-order valence-electron chi connectivity index (χ0n) is 19.3. The van der Waals surface area contributed by atoms with Gasteiger partial charge in [-0.25, -0.2) is 0 Å². The highest BCUT2D eigenvalue weighted by atomic mass is 16.5. The van der Waals surface area contributed by atoms with E-state index >= 15 is 0 Å². The molecule has 2 heterocycles. The average molecular weight is 455 g/mol. The highest BCUT2D eigenvalue weighted by Gasteiger charge is 2.42. The molecule has 2 amide bonds. The van der Waals surface area contributed by atoms with Gasteiger partial charge < -0.3 is 9.64 Å².